The van der Waals surface area contributed by atoms with Crippen molar-refractivity contribution in [3.63, 3.8) is 0 Å². The molecule has 4 rings (SSSR count). The van der Waals surface area contributed by atoms with Crippen molar-refractivity contribution in [2.75, 3.05) is 26.2 Å². The number of fused-ring (bicyclic) bond motifs is 1. The second-order valence-electron chi connectivity index (χ2n) is 6.47. The molecule has 2 atom stereocenters. The number of β-amino-alcohol motifs (C(OH)–C–C–N with tert-alkyl or cyclic N) is 1. The molecular weight excluding hydrogens is 297 g/mol. The number of aromatic nitrogens is 1. The number of aliphatic hydroxyl groups is 1. The number of para-hydroxylation sites is 1. The highest BCUT2D eigenvalue weighted by Gasteiger charge is 2.38. The molecule has 0 saturated carbocycles. The molecular formula is C17H20FN3O2. The van der Waals surface area contributed by atoms with Gasteiger partial charge in [-0.1, -0.05) is 12.1 Å². The van der Waals surface area contributed by atoms with Crippen LogP contribution in [0.25, 0.3) is 10.9 Å². The fourth-order valence-electron chi connectivity index (χ4n) is 3.77. The first-order chi connectivity index (χ1) is 11.1. The van der Waals surface area contributed by atoms with E-state index in [0.29, 0.717) is 29.7 Å². The van der Waals surface area contributed by atoms with E-state index >= 15 is 0 Å². The van der Waals surface area contributed by atoms with E-state index in [1.165, 1.54) is 6.07 Å². The van der Waals surface area contributed by atoms with Crippen LogP contribution in [0.1, 0.15) is 23.3 Å². The lowest BCUT2D eigenvalue weighted by atomic mass is 10.2. The lowest BCUT2D eigenvalue weighted by molar-refractivity contribution is 0.0758. The zero-order chi connectivity index (χ0) is 16.0. The van der Waals surface area contributed by atoms with Crippen LogP contribution in [0.5, 0.6) is 0 Å². The topological polar surface area (TPSA) is 59.6 Å². The largest absolute Gasteiger partial charge is 0.390 e. The van der Waals surface area contributed by atoms with Crippen molar-refractivity contribution < 1.29 is 14.3 Å². The maximum Gasteiger partial charge on any atom is 0.270 e. The van der Waals surface area contributed by atoms with Gasteiger partial charge in [0.2, 0.25) is 0 Å². The Kier molecular flexibility index (Phi) is 3.58. The molecule has 23 heavy (non-hydrogen) atoms. The van der Waals surface area contributed by atoms with Gasteiger partial charge >= 0.3 is 0 Å². The Labute approximate surface area is 133 Å². The van der Waals surface area contributed by atoms with Gasteiger partial charge in [0.25, 0.3) is 5.91 Å². The quantitative estimate of drug-likeness (QED) is 0.884. The maximum absolute atomic E-state index is 13.8. The Morgan fingerprint density at radius 1 is 1.26 bits per heavy atom. The Morgan fingerprint density at radius 2 is 2.04 bits per heavy atom. The van der Waals surface area contributed by atoms with Crippen LogP contribution >= 0.6 is 0 Å². The Balaban J connectivity index is 1.55. The van der Waals surface area contributed by atoms with E-state index in [0.717, 1.165) is 25.9 Å². The second kappa shape index (κ2) is 5.62. The minimum Gasteiger partial charge on any atom is -0.390 e. The van der Waals surface area contributed by atoms with E-state index in [2.05, 4.69) is 9.88 Å². The van der Waals surface area contributed by atoms with Crippen LogP contribution in [0.4, 0.5) is 4.39 Å². The third-order valence-corrected chi connectivity index (χ3v) is 4.99. The minimum absolute atomic E-state index is 0.0163. The molecule has 1 aromatic carbocycles. The number of nitrogens with zero attached hydrogens (tertiary/aromatic N) is 2. The molecule has 1 aromatic heterocycles. The number of aromatic amines is 1. The molecule has 2 saturated heterocycles. The lowest BCUT2D eigenvalue weighted by Crippen LogP contribution is -2.41. The van der Waals surface area contributed by atoms with Gasteiger partial charge in [-0.05, 0) is 38.1 Å². The molecule has 0 aliphatic carbocycles. The van der Waals surface area contributed by atoms with Crippen LogP contribution in [0, 0.1) is 5.82 Å². The normalized spacial score (nSPS) is 25.6. The standard InChI is InChI=1S/C17H20FN3O2/c18-12-5-3-4-11-8-13(19-16(11)12)17(23)21-9-14(15(22)10-21)20-6-1-2-7-20/h3-5,8,14-15,19,22H,1-2,6-7,9-10H2/t14-,15-/m1/s1. The second-order valence-corrected chi connectivity index (χ2v) is 6.47. The summed E-state index contributed by atoms with van der Waals surface area (Å²) in [7, 11) is 0. The molecule has 0 unspecified atom stereocenters. The van der Waals surface area contributed by atoms with Crippen molar-refractivity contribution in [3.8, 4) is 0 Å². The molecule has 0 bridgehead atoms. The SMILES string of the molecule is O=C(c1cc2cccc(F)c2[nH]1)N1C[C@@H](O)[C@H](N2CCCC2)C1. The summed E-state index contributed by atoms with van der Waals surface area (Å²) in [5.41, 5.74) is 0.728. The smallest absolute Gasteiger partial charge is 0.270 e. The fraction of sp³-hybridized carbons (Fsp3) is 0.471. The van der Waals surface area contributed by atoms with Crippen LogP contribution < -0.4 is 0 Å². The average Bonchev–Trinajstić information content (AvgIpc) is 3.25. The molecule has 2 aromatic rings. The van der Waals surface area contributed by atoms with E-state index in [9.17, 15) is 14.3 Å². The van der Waals surface area contributed by atoms with Gasteiger partial charge < -0.3 is 15.0 Å². The number of amides is 1. The zero-order valence-corrected chi connectivity index (χ0v) is 12.8. The molecule has 2 N–H and O–H groups in total. The summed E-state index contributed by atoms with van der Waals surface area (Å²) in [4.78, 5) is 19.5. The molecule has 122 valence electrons. The number of benzene rings is 1. The van der Waals surface area contributed by atoms with E-state index < -0.39 is 6.10 Å². The number of carbonyl (C=O) groups excluding carboxylic acids is 1. The van der Waals surface area contributed by atoms with Crippen molar-refractivity contribution in [2.45, 2.75) is 25.0 Å². The Hall–Kier alpha value is -1.92. The van der Waals surface area contributed by atoms with Crippen LogP contribution in [0.3, 0.4) is 0 Å². The molecule has 3 heterocycles. The van der Waals surface area contributed by atoms with Crippen molar-refractivity contribution >= 4 is 16.8 Å². The predicted octanol–water partition coefficient (Wildman–Crippen LogP) is 1.59. The summed E-state index contributed by atoms with van der Waals surface area (Å²) in [6, 6.07) is 6.47. The summed E-state index contributed by atoms with van der Waals surface area (Å²) >= 11 is 0. The van der Waals surface area contributed by atoms with Gasteiger partial charge in [0.1, 0.15) is 11.5 Å². The number of rotatable bonds is 2. The van der Waals surface area contributed by atoms with Gasteiger partial charge in [0.15, 0.2) is 0 Å². The minimum atomic E-state index is -0.516. The van der Waals surface area contributed by atoms with Crippen LogP contribution in [0.2, 0.25) is 0 Å². The first-order valence-corrected chi connectivity index (χ1v) is 8.12. The molecule has 2 aliphatic heterocycles. The van der Waals surface area contributed by atoms with Crippen LogP contribution in [-0.2, 0) is 0 Å². The summed E-state index contributed by atoms with van der Waals surface area (Å²) in [6.07, 6.45) is 1.79. The van der Waals surface area contributed by atoms with Crippen LogP contribution in [0.15, 0.2) is 24.3 Å². The van der Waals surface area contributed by atoms with Gasteiger partial charge in [-0.25, -0.2) is 4.39 Å². The maximum atomic E-state index is 13.8. The summed E-state index contributed by atoms with van der Waals surface area (Å²) in [5, 5.41) is 11.0. The number of carbonyl (C=O) groups is 1. The van der Waals surface area contributed by atoms with E-state index in [1.807, 2.05) is 0 Å². The third-order valence-electron chi connectivity index (χ3n) is 4.99. The van der Waals surface area contributed by atoms with Crippen molar-refractivity contribution in [2.24, 2.45) is 0 Å². The number of halogens is 1. The van der Waals surface area contributed by atoms with Crippen LogP contribution in [-0.4, -0.2) is 64.1 Å². The van der Waals surface area contributed by atoms with Crippen molar-refractivity contribution in [1.82, 2.24) is 14.8 Å². The first-order valence-electron chi connectivity index (χ1n) is 8.12. The van der Waals surface area contributed by atoms with Gasteiger partial charge in [0, 0.05) is 18.5 Å². The summed E-state index contributed by atoms with van der Waals surface area (Å²) in [6.45, 7) is 2.83. The summed E-state index contributed by atoms with van der Waals surface area (Å²) in [5.74, 6) is -0.542. The van der Waals surface area contributed by atoms with E-state index in [1.54, 1.807) is 23.1 Å². The van der Waals surface area contributed by atoms with Gasteiger partial charge in [-0.3, -0.25) is 9.69 Å². The number of likely N-dealkylation sites (tertiary alicyclic amines) is 2. The highest BCUT2D eigenvalue weighted by atomic mass is 19.1. The molecule has 5 nitrogen and oxygen atoms in total. The van der Waals surface area contributed by atoms with Gasteiger partial charge in [0.05, 0.1) is 17.7 Å². The van der Waals surface area contributed by atoms with Crippen molar-refractivity contribution in [1.29, 1.82) is 0 Å². The number of hydrogen-bond donors (Lipinski definition) is 2. The highest BCUT2D eigenvalue weighted by molar-refractivity contribution is 5.98. The van der Waals surface area contributed by atoms with E-state index in [-0.39, 0.29) is 17.8 Å². The van der Waals surface area contributed by atoms with Crippen molar-refractivity contribution in [3.05, 3.63) is 35.8 Å². The average molecular weight is 317 g/mol. The number of aliphatic hydroxyl groups excluding tert-OH is 1. The van der Waals surface area contributed by atoms with Gasteiger partial charge in [-0.2, -0.15) is 0 Å². The van der Waals surface area contributed by atoms with Gasteiger partial charge in [-0.15, -0.1) is 0 Å². The lowest BCUT2D eigenvalue weighted by Gasteiger charge is -2.25. The number of hydrogen-bond acceptors (Lipinski definition) is 3. The molecule has 0 radical (unpaired) electrons. The fourth-order valence-corrected chi connectivity index (χ4v) is 3.77. The monoisotopic (exact) mass is 317 g/mol. The summed E-state index contributed by atoms with van der Waals surface area (Å²) < 4.78 is 13.8. The molecule has 0 spiro atoms. The molecule has 6 heteroatoms. The molecule has 1 amide bonds. The first kappa shape index (κ1) is 14.7. The molecule has 2 fully saturated rings. The predicted molar refractivity (Wildman–Crippen MR) is 84.8 cm³/mol. The number of nitrogens with one attached hydrogen (secondary N) is 1. The zero-order valence-electron chi connectivity index (χ0n) is 12.8. The van der Waals surface area contributed by atoms with E-state index in [4.69, 9.17) is 0 Å². The third kappa shape index (κ3) is 2.52. The Bertz CT molecular complexity index is 739. The number of H-pyrrole nitrogens is 1. The highest BCUT2D eigenvalue weighted by Crippen LogP contribution is 2.24. The Morgan fingerprint density at radius 3 is 2.78 bits per heavy atom. The molecule has 2 aliphatic rings.